The van der Waals surface area contributed by atoms with Crippen molar-refractivity contribution in [2.75, 3.05) is 0 Å². The van der Waals surface area contributed by atoms with Gasteiger partial charge in [0.05, 0.1) is 17.1 Å². The highest BCUT2D eigenvalue weighted by molar-refractivity contribution is 6.01. The van der Waals surface area contributed by atoms with E-state index in [1.165, 1.54) is 0 Å². The lowest BCUT2D eigenvalue weighted by Gasteiger charge is -2.31. The molecule has 0 saturated carbocycles. The van der Waals surface area contributed by atoms with Crippen molar-refractivity contribution in [3.63, 3.8) is 0 Å². The molecule has 0 unspecified atom stereocenters. The molecule has 3 aromatic rings. The molecule has 2 heterocycles. The number of para-hydroxylation sites is 2. The Bertz CT molecular complexity index is 1070. The SMILES string of the molecule is CC(C)C[C@H](NC(=O)[C@H](C(C)C)N1Cc2ccccc2C1=O)c1nc2ccccc2[nH]1. The average molecular weight is 419 g/mol. The molecule has 2 N–H and O–H groups in total. The van der Waals surface area contributed by atoms with Crippen LogP contribution in [0.2, 0.25) is 0 Å². The van der Waals surface area contributed by atoms with E-state index in [2.05, 4.69) is 24.1 Å². The second-order valence-electron chi connectivity index (χ2n) is 9.11. The van der Waals surface area contributed by atoms with E-state index in [9.17, 15) is 9.59 Å². The first-order valence-electron chi connectivity index (χ1n) is 11.0. The Balaban J connectivity index is 1.59. The average Bonchev–Trinajstić information content (AvgIpc) is 3.29. The number of nitrogens with zero attached hydrogens (tertiary/aromatic N) is 2. The van der Waals surface area contributed by atoms with Gasteiger partial charge in [0, 0.05) is 12.1 Å². The topological polar surface area (TPSA) is 78.1 Å². The molecule has 162 valence electrons. The predicted octanol–water partition coefficient (Wildman–Crippen LogP) is 4.45. The molecule has 2 atom stereocenters. The summed E-state index contributed by atoms with van der Waals surface area (Å²) in [5.74, 6) is 0.889. The number of aromatic nitrogens is 2. The highest BCUT2D eigenvalue weighted by Crippen LogP contribution is 2.28. The number of H-pyrrole nitrogens is 1. The number of hydrogen-bond acceptors (Lipinski definition) is 3. The maximum Gasteiger partial charge on any atom is 0.255 e. The van der Waals surface area contributed by atoms with Gasteiger partial charge in [0.2, 0.25) is 5.91 Å². The van der Waals surface area contributed by atoms with Crippen LogP contribution in [0.3, 0.4) is 0 Å². The second kappa shape index (κ2) is 8.53. The maximum atomic E-state index is 13.5. The minimum absolute atomic E-state index is 0.0198. The Kier molecular flexibility index (Phi) is 5.81. The minimum atomic E-state index is -0.543. The molecule has 6 heteroatoms. The lowest BCUT2D eigenvalue weighted by atomic mass is 9.99. The number of fused-ring (bicyclic) bond motifs is 2. The van der Waals surface area contributed by atoms with Gasteiger partial charge < -0.3 is 15.2 Å². The normalized spacial score (nSPS) is 15.5. The van der Waals surface area contributed by atoms with E-state index in [4.69, 9.17) is 4.98 Å². The van der Waals surface area contributed by atoms with Crippen molar-refractivity contribution in [1.82, 2.24) is 20.2 Å². The minimum Gasteiger partial charge on any atom is -0.344 e. The van der Waals surface area contributed by atoms with Gasteiger partial charge >= 0.3 is 0 Å². The Morgan fingerprint density at radius 3 is 2.48 bits per heavy atom. The lowest BCUT2D eigenvalue weighted by molar-refractivity contribution is -0.128. The van der Waals surface area contributed by atoms with Gasteiger partial charge in [0.25, 0.3) is 5.91 Å². The van der Waals surface area contributed by atoms with E-state index < -0.39 is 6.04 Å². The summed E-state index contributed by atoms with van der Waals surface area (Å²) in [6, 6.07) is 14.7. The first-order chi connectivity index (χ1) is 14.8. The van der Waals surface area contributed by atoms with Crippen molar-refractivity contribution >= 4 is 22.8 Å². The number of nitrogens with one attached hydrogen (secondary N) is 2. The summed E-state index contributed by atoms with van der Waals surface area (Å²) in [6.45, 7) is 8.69. The van der Waals surface area contributed by atoms with Crippen LogP contribution >= 0.6 is 0 Å². The van der Waals surface area contributed by atoms with Crippen molar-refractivity contribution in [3.05, 3.63) is 65.5 Å². The zero-order valence-corrected chi connectivity index (χ0v) is 18.6. The summed E-state index contributed by atoms with van der Waals surface area (Å²) in [5.41, 5.74) is 3.50. The van der Waals surface area contributed by atoms with Crippen LogP contribution in [0.25, 0.3) is 11.0 Å². The van der Waals surface area contributed by atoms with Crippen LogP contribution in [0, 0.1) is 11.8 Å². The van der Waals surface area contributed by atoms with Crippen LogP contribution in [-0.4, -0.2) is 32.7 Å². The summed E-state index contributed by atoms with van der Waals surface area (Å²) in [6.07, 6.45) is 0.755. The maximum absolute atomic E-state index is 13.5. The number of carbonyl (C=O) groups excluding carboxylic acids is 2. The highest BCUT2D eigenvalue weighted by atomic mass is 16.2. The molecular weight excluding hydrogens is 388 g/mol. The van der Waals surface area contributed by atoms with Gasteiger partial charge in [-0.2, -0.15) is 0 Å². The van der Waals surface area contributed by atoms with Gasteiger partial charge in [0.1, 0.15) is 11.9 Å². The summed E-state index contributed by atoms with van der Waals surface area (Å²) < 4.78 is 0. The number of amides is 2. The molecule has 0 radical (unpaired) electrons. The van der Waals surface area contributed by atoms with Crippen molar-refractivity contribution in [3.8, 4) is 0 Å². The molecule has 0 fully saturated rings. The van der Waals surface area contributed by atoms with E-state index in [-0.39, 0.29) is 23.8 Å². The standard InChI is InChI=1S/C25H30N4O2/c1-15(2)13-21(23-26-19-11-7-8-12-20(19)27-23)28-24(30)22(16(3)4)29-14-17-9-5-6-10-18(17)25(29)31/h5-12,15-16,21-22H,13-14H2,1-4H3,(H,26,27)(H,28,30)/t21-,22-/m0/s1. The number of carbonyl (C=O) groups is 2. The molecule has 0 saturated heterocycles. The number of hydrogen-bond donors (Lipinski definition) is 2. The molecule has 1 aliphatic heterocycles. The summed E-state index contributed by atoms with van der Waals surface area (Å²) >= 11 is 0. The first-order valence-corrected chi connectivity index (χ1v) is 11.0. The molecule has 1 aliphatic rings. The van der Waals surface area contributed by atoms with Crippen LogP contribution in [0.4, 0.5) is 0 Å². The molecule has 2 aromatic carbocycles. The lowest BCUT2D eigenvalue weighted by Crippen LogP contribution is -2.51. The van der Waals surface area contributed by atoms with Gasteiger partial charge in [-0.15, -0.1) is 0 Å². The van der Waals surface area contributed by atoms with E-state index >= 15 is 0 Å². The third-order valence-corrected chi connectivity index (χ3v) is 5.85. The quantitative estimate of drug-likeness (QED) is 0.595. The predicted molar refractivity (Wildman–Crippen MR) is 121 cm³/mol. The van der Waals surface area contributed by atoms with Gasteiger partial charge in [-0.1, -0.05) is 58.0 Å². The van der Waals surface area contributed by atoms with Crippen LogP contribution in [0.1, 0.15) is 61.9 Å². The Hall–Kier alpha value is -3.15. The summed E-state index contributed by atoms with van der Waals surface area (Å²) in [4.78, 5) is 36.3. The Morgan fingerprint density at radius 1 is 1.10 bits per heavy atom. The van der Waals surface area contributed by atoms with Gasteiger partial charge in [-0.05, 0) is 42.0 Å². The molecule has 1 aromatic heterocycles. The van der Waals surface area contributed by atoms with Gasteiger partial charge in [-0.25, -0.2) is 4.98 Å². The number of imidazole rings is 1. The smallest absolute Gasteiger partial charge is 0.255 e. The molecule has 31 heavy (non-hydrogen) atoms. The van der Waals surface area contributed by atoms with Crippen LogP contribution in [-0.2, 0) is 11.3 Å². The van der Waals surface area contributed by atoms with Crippen molar-refractivity contribution in [1.29, 1.82) is 0 Å². The van der Waals surface area contributed by atoms with Crippen molar-refractivity contribution < 1.29 is 9.59 Å². The molecule has 0 bridgehead atoms. The number of benzene rings is 2. The van der Waals surface area contributed by atoms with Crippen LogP contribution in [0.15, 0.2) is 48.5 Å². The molecule has 0 spiro atoms. The fourth-order valence-corrected chi connectivity index (χ4v) is 4.41. The van der Waals surface area contributed by atoms with E-state index in [0.29, 0.717) is 18.0 Å². The van der Waals surface area contributed by atoms with E-state index in [1.54, 1.807) is 4.90 Å². The molecule has 0 aliphatic carbocycles. The molecular formula is C25H30N4O2. The molecule has 4 rings (SSSR count). The fourth-order valence-electron chi connectivity index (χ4n) is 4.41. The van der Waals surface area contributed by atoms with E-state index in [1.807, 2.05) is 62.4 Å². The molecule has 2 amide bonds. The van der Waals surface area contributed by atoms with Crippen LogP contribution < -0.4 is 5.32 Å². The first kappa shape index (κ1) is 21.1. The van der Waals surface area contributed by atoms with Crippen LogP contribution in [0.5, 0.6) is 0 Å². The number of aromatic amines is 1. The van der Waals surface area contributed by atoms with Gasteiger partial charge in [0.15, 0.2) is 0 Å². The summed E-state index contributed by atoms with van der Waals surface area (Å²) in [7, 11) is 0. The monoisotopic (exact) mass is 418 g/mol. The third-order valence-electron chi connectivity index (χ3n) is 5.85. The third kappa shape index (κ3) is 4.20. The summed E-state index contributed by atoms with van der Waals surface area (Å²) in [5, 5.41) is 3.20. The fraction of sp³-hybridized carbons (Fsp3) is 0.400. The van der Waals surface area contributed by atoms with Crippen molar-refractivity contribution in [2.45, 2.75) is 52.7 Å². The van der Waals surface area contributed by atoms with E-state index in [0.717, 1.165) is 28.8 Å². The zero-order chi connectivity index (χ0) is 22.1. The zero-order valence-electron chi connectivity index (χ0n) is 18.6. The Morgan fingerprint density at radius 2 is 1.81 bits per heavy atom. The Labute approximate surface area is 183 Å². The van der Waals surface area contributed by atoms with Crippen molar-refractivity contribution in [2.24, 2.45) is 11.8 Å². The largest absolute Gasteiger partial charge is 0.344 e. The van der Waals surface area contributed by atoms with Gasteiger partial charge in [-0.3, -0.25) is 9.59 Å². The number of rotatable bonds is 7. The highest BCUT2D eigenvalue weighted by Gasteiger charge is 2.38. The second-order valence-corrected chi connectivity index (χ2v) is 9.11. The molecule has 6 nitrogen and oxygen atoms in total.